The van der Waals surface area contributed by atoms with E-state index in [2.05, 4.69) is 0 Å². The topological polar surface area (TPSA) is 49.8 Å². The molecule has 0 radical (unpaired) electrons. The van der Waals surface area contributed by atoms with Crippen LogP contribution in [0.2, 0.25) is 0 Å². The molecule has 104 valence electrons. The number of rotatable bonds is 1. The average Bonchev–Trinajstić information content (AvgIpc) is 2.70. The molecule has 4 nitrogen and oxygen atoms in total. The molecule has 1 amide bonds. The molecule has 0 heterocycles. The second-order valence-electron chi connectivity index (χ2n) is 6.86. The Bertz CT molecular complexity index is 309. The Kier molecular flexibility index (Phi) is 3.58. The van der Waals surface area contributed by atoms with Crippen molar-refractivity contribution in [2.24, 2.45) is 11.8 Å². The number of nitrogens with zero attached hydrogens (tertiary/aromatic N) is 1. The Hall–Kier alpha value is -0.770. The van der Waals surface area contributed by atoms with E-state index < -0.39 is 5.60 Å². The van der Waals surface area contributed by atoms with Crippen molar-refractivity contribution in [2.45, 2.75) is 64.2 Å². The van der Waals surface area contributed by atoms with Crippen LogP contribution in [0.3, 0.4) is 0 Å². The maximum Gasteiger partial charge on any atom is 0.410 e. The summed E-state index contributed by atoms with van der Waals surface area (Å²) in [6.07, 6.45) is 3.49. The first-order valence-corrected chi connectivity index (χ1v) is 6.90. The lowest BCUT2D eigenvalue weighted by Crippen LogP contribution is -2.40. The number of carbonyl (C=O) groups excluding carboxylic acids is 1. The van der Waals surface area contributed by atoms with Crippen LogP contribution in [0.15, 0.2) is 0 Å². The Labute approximate surface area is 109 Å². The van der Waals surface area contributed by atoms with Gasteiger partial charge in [-0.05, 0) is 58.3 Å². The van der Waals surface area contributed by atoms with Gasteiger partial charge < -0.3 is 14.7 Å². The van der Waals surface area contributed by atoms with Gasteiger partial charge in [-0.2, -0.15) is 0 Å². The van der Waals surface area contributed by atoms with Gasteiger partial charge in [0.2, 0.25) is 0 Å². The summed E-state index contributed by atoms with van der Waals surface area (Å²) < 4.78 is 5.39. The van der Waals surface area contributed by atoms with Gasteiger partial charge in [0, 0.05) is 13.1 Å². The summed E-state index contributed by atoms with van der Waals surface area (Å²) in [5.41, 5.74) is -0.435. The molecule has 0 aromatic rings. The second kappa shape index (κ2) is 4.72. The molecule has 18 heavy (non-hydrogen) atoms. The molecule has 2 aliphatic carbocycles. The summed E-state index contributed by atoms with van der Waals surface area (Å²) in [7, 11) is 1.83. The molecule has 4 atom stereocenters. The molecule has 1 N–H and O–H groups in total. The summed E-state index contributed by atoms with van der Waals surface area (Å²) in [6.45, 7) is 5.66. The minimum atomic E-state index is -0.435. The predicted molar refractivity (Wildman–Crippen MR) is 69.2 cm³/mol. The summed E-state index contributed by atoms with van der Waals surface area (Å²) in [6, 6.07) is 0.280. The zero-order valence-corrected chi connectivity index (χ0v) is 11.8. The molecule has 2 aliphatic rings. The van der Waals surface area contributed by atoms with Crippen molar-refractivity contribution in [3.05, 3.63) is 0 Å². The van der Waals surface area contributed by atoms with E-state index in [-0.39, 0.29) is 18.2 Å². The fourth-order valence-electron chi connectivity index (χ4n) is 3.35. The number of fused-ring (bicyclic) bond motifs is 1. The Morgan fingerprint density at radius 3 is 2.11 bits per heavy atom. The Morgan fingerprint density at radius 1 is 1.17 bits per heavy atom. The molecular formula is C14H25NO3. The molecule has 4 heteroatoms. The van der Waals surface area contributed by atoms with E-state index >= 15 is 0 Å². The van der Waals surface area contributed by atoms with Gasteiger partial charge in [-0.1, -0.05) is 0 Å². The molecule has 0 spiro atoms. The minimum Gasteiger partial charge on any atom is -0.444 e. The van der Waals surface area contributed by atoms with Crippen molar-refractivity contribution in [1.29, 1.82) is 0 Å². The molecule has 0 aromatic heterocycles. The predicted octanol–water partition coefficient (Wildman–Crippen LogP) is 2.40. The van der Waals surface area contributed by atoms with Gasteiger partial charge in [0.25, 0.3) is 0 Å². The number of aliphatic hydroxyl groups is 1. The van der Waals surface area contributed by atoms with Crippen LogP contribution in [0.4, 0.5) is 4.79 Å². The van der Waals surface area contributed by atoms with Crippen molar-refractivity contribution in [1.82, 2.24) is 4.90 Å². The molecule has 2 unspecified atom stereocenters. The number of aliphatic hydroxyl groups excluding tert-OH is 1. The number of amides is 1. The fraction of sp³-hybridized carbons (Fsp3) is 0.929. The SMILES string of the molecule is CN(C(=O)OC(C)(C)C)C1C[C@H]2CC(O)C[C@H]2C1. The molecular weight excluding hydrogens is 230 g/mol. The third-order valence-corrected chi connectivity index (χ3v) is 4.20. The lowest BCUT2D eigenvalue weighted by Gasteiger charge is -2.29. The van der Waals surface area contributed by atoms with Gasteiger partial charge in [-0.15, -0.1) is 0 Å². The van der Waals surface area contributed by atoms with Gasteiger partial charge >= 0.3 is 6.09 Å². The number of hydrogen-bond acceptors (Lipinski definition) is 3. The highest BCUT2D eigenvalue weighted by Crippen LogP contribution is 2.45. The van der Waals surface area contributed by atoms with E-state index in [1.54, 1.807) is 4.90 Å². The molecule has 2 saturated carbocycles. The van der Waals surface area contributed by atoms with Crippen LogP contribution in [0, 0.1) is 11.8 Å². The summed E-state index contributed by atoms with van der Waals surface area (Å²) >= 11 is 0. The highest BCUT2D eigenvalue weighted by Gasteiger charge is 2.43. The lowest BCUT2D eigenvalue weighted by molar-refractivity contribution is 0.0216. The van der Waals surface area contributed by atoms with Crippen LogP contribution >= 0.6 is 0 Å². The average molecular weight is 255 g/mol. The van der Waals surface area contributed by atoms with E-state index in [4.69, 9.17) is 4.74 Å². The van der Waals surface area contributed by atoms with E-state index in [0.29, 0.717) is 11.8 Å². The van der Waals surface area contributed by atoms with Gasteiger partial charge in [-0.3, -0.25) is 0 Å². The van der Waals surface area contributed by atoms with E-state index in [9.17, 15) is 9.90 Å². The molecule has 0 aliphatic heterocycles. The normalized spacial score (nSPS) is 35.4. The van der Waals surface area contributed by atoms with E-state index in [0.717, 1.165) is 25.7 Å². The number of carbonyl (C=O) groups is 1. The third-order valence-electron chi connectivity index (χ3n) is 4.20. The van der Waals surface area contributed by atoms with E-state index in [1.807, 2.05) is 27.8 Å². The largest absolute Gasteiger partial charge is 0.444 e. The fourth-order valence-corrected chi connectivity index (χ4v) is 3.35. The van der Waals surface area contributed by atoms with Crippen LogP contribution < -0.4 is 0 Å². The summed E-state index contributed by atoms with van der Waals surface area (Å²) in [4.78, 5) is 13.7. The summed E-state index contributed by atoms with van der Waals surface area (Å²) in [5, 5.41) is 9.62. The molecule has 2 fully saturated rings. The smallest absolute Gasteiger partial charge is 0.410 e. The Morgan fingerprint density at radius 2 is 1.67 bits per heavy atom. The third kappa shape index (κ3) is 2.97. The maximum absolute atomic E-state index is 12.0. The lowest BCUT2D eigenvalue weighted by atomic mass is 10.0. The number of ether oxygens (including phenoxy) is 1. The molecule has 2 rings (SSSR count). The van der Waals surface area contributed by atoms with Crippen LogP contribution in [-0.2, 0) is 4.74 Å². The van der Waals surface area contributed by atoms with Crippen LogP contribution in [0.25, 0.3) is 0 Å². The van der Waals surface area contributed by atoms with Gasteiger partial charge in [-0.25, -0.2) is 4.79 Å². The van der Waals surface area contributed by atoms with Crippen LogP contribution in [-0.4, -0.2) is 40.9 Å². The van der Waals surface area contributed by atoms with Crippen molar-refractivity contribution in [3.8, 4) is 0 Å². The van der Waals surface area contributed by atoms with E-state index in [1.165, 1.54) is 0 Å². The van der Waals surface area contributed by atoms with Crippen LogP contribution in [0.1, 0.15) is 46.5 Å². The molecule has 0 aromatic carbocycles. The van der Waals surface area contributed by atoms with Crippen molar-refractivity contribution in [3.63, 3.8) is 0 Å². The zero-order chi connectivity index (χ0) is 13.5. The van der Waals surface area contributed by atoms with Crippen molar-refractivity contribution < 1.29 is 14.6 Å². The molecule has 0 saturated heterocycles. The van der Waals surface area contributed by atoms with Gasteiger partial charge in [0.15, 0.2) is 0 Å². The monoisotopic (exact) mass is 255 g/mol. The highest BCUT2D eigenvalue weighted by atomic mass is 16.6. The maximum atomic E-state index is 12.0. The van der Waals surface area contributed by atoms with Gasteiger partial charge in [0.05, 0.1) is 6.10 Å². The molecule has 0 bridgehead atoms. The summed E-state index contributed by atoms with van der Waals surface area (Å²) in [5.74, 6) is 1.18. The standard InChI is InChI=1S/C14H25NO3/c1-14(2,3)18-13(17)15(4)11-5-9-7-12(16)8-10(9)6-11/h9-12,16H,5-8H2,1-4H3/t9-,10+,11?,12?. The first-order valence-electron chi connectivity index (χ1n) is 6.90. The van der Waals surface area contributed by atoms with Crippen LogP contribution in [0.5, 0.6) is 0 Å². The number of hydrogen-bond donors (Lipinski definition) is 1. The quantitative estimate of drug-likeness (QED) is 0.782. The van der Waals surface area contributed by atoms with Crippen molar-refractivity contribution >= 4 is 6.09 Å². The second-order valence-corrected chi connectivity index (χ2v) is 6.86. The van der Waals surface area contributed by atoms with Gasteiger partial charge in [0.1, 0.15) is 5.60 Å². The first kappa shape index (κ1) is 13.7. The zero-order valence-electron chi connectivity index (χ0n) is 11.8. The highest BCUT2D eigenvalue weighted by molar-refractivity contribution is 5.68. The van der Waals surface area contributed by atoms with Crippen molar-refractivity contribution in [2.75, 3.05) is 7.05 Å². The first-order chi connectivity index (χ1) is 8.26. The minimum absolute atomic E-state index is 0.118. The Balaban J connectivity index is 1.88.